The number of hydrogen-bond acceptors (Lipinski definition) is 5. The molecule has 0 bridgehead atoms. The van der Waals surface area contributed by atoms with E-state index < -0.39 is 0 Å². The molecule has 5 nitrogen and oxygen atoms in total. The number of nitrogens with zero attached hydrogens (tertiary/aromatic N) is 2. The predicted octanol–water partition coefficient (Wildman–Crippen LogP) is 2.83. The summed E-state index contributed by atoms with van der Waals surface area (Å²) in [5.41, 5.74) is 8.08. The number of rotatable bonds is 2. The molecular formula is C14H12N4OS. The van der Waals surface area contributed by atoms with Gasteiger partial charge in [0.05, 0.1) is 10.2 Å². The molecule has 0 aliphatic heterocycles. The molecule has 0 saturated heterocycles. The van der Waals surface area contributed by atoms with Crippen molar-refractivity contribution in [3.8, 4) is 0 Å². The number of carbonyl (C=O) groups is 1. The van der Waals surface area contributed by atoms with Crippen LogP contribution in [0, 0.1) is 6.92 Å². The Bertz CT molecular complexity index is 797. The number of amides is 1. The number of nitrogens with two attached hydrogens (primary N) is 1. The van der Waals surface area contributed by atoms with Crippen molar-refractivity contribution >= 4 is 38.4 Å². The van der Waals surface area contributed by atoms with E-state index in [1.807, 2.05) is 25.1 Å². The first-order valence-electron chi connectivity index (χ1n) is 6.02. The second-order valence-electron chi connectivity index (χ2n) is 4.41. The molecule has 3 aromatic rings. The molecule has 6 heteroatoms. The van der Waals surface area contributed by atoms with Crippen LogP contribution in [0.3, 0.4) is 0 Å². The van der Waals surface area contributed by atoms with Gasteiger partial charge in [-0.1, -0.05) is 17.4 Å². The van der Waals surface area contributed by atoms with Crippen molar-refractivity contribution in [2.75, 3.05) is 11.1 Å². The van der Waals surface area contributed by atoms with Crippen molar-refractivity contribution in [2.45, 2.75) is 6.92 Å². The summed E-state index contributed by atoms with van der Waals surface area (Å²) in [6, 6.07) is 9.14. The SMILES string of the molecule is Cc1ccc2nc(NC(=O)c3ccnc(N)c3)sc2c1. The van der Waals surface area contributed by atoms with E-state index in [0.29, 0.717) is 16.5 Å². The highest BCUT2D eigenvalue weighted by Gasteiger charge is 2.10. The molecule has 3 rings (SSSR count). The van der Waals surface area contributed by atoms with Crippen LogP contribution in [0.1, 0.15) is 15.9 Å². The van der Waals surface area contributed by atoms with Crippen LogP contribution in [0.5, 0.6) is 0 Å². The fraction of sp³-hybridized carbons (Fsp3) is 0.0714. The van der Waals surface area contributed by atoms with Gasteiger partial charge in [-0.05, 0) is 36.8 Å². The van der Waals surface area contributed by atoms with Crippen molar-refractivity contribution in [2.24, 2.45) is 0 Å². The van der Waals surface area contributed by atoms with Gasteiger partial charge in [0.25, 0.3) is 5.91 Å². The molecule has 3 N–H and O–H groups in total. The number of hydrogen-bond donors (Lipinski definition) is 2. The monoisotopic (exact) mass is 284 g/mol. The molecular weight excluding hydrogens is 272 g/mol. The molecule has 0 atom stereocenters. The summed E-state index contributed by atoms with van der Waals surface area (Å²) in [5, 5.41) is 3.35. The first-order chi connectivity index (χ1) is 9.61. The Hall–Kier alpha value is -2.47. The lowest BCUT2D eigenvalue weighted by molar-refractivity contribution is 0.102. The minimum atomic E-state index is -0.241. The van der Waals surface area contributed by atoms with Gasteiger partial charge in [-0.25, -0.2) is 9.97 Å². The third-order valence-corrected chi connectivity index (χ3v) is 3.74. The average Bonchev–Trinajstić information content (AvgIpc) is 2.80. The number of carbonyl (C=O) groups excluding carboxylic acids is 1. The zero-order valence-electron chi connectivity index (χ0n) is 10.8. The van der Waals surface area contributed by atoms with Gasteiger partial charge in [0, 0.05) is 11.8 Å². The number of nitrogens with one attached hydrogen (secondary N) is 1. The zero-order valence-corrected chi connectivity index (χ0v) is 11.6. The number of pyridine rings is 1. The molecule has 0 unspecified atom stereocenters. The summed E-state index contributed by atoms with van der Waals surface area (Å²) in [6.07, 6.45) is 1.51. The third kappa shape index (κ3) is 2.46. The standard InChI is InChI=1S/C14H12N4OS/c1-8-2-3-10-11(6-8)20-14(17-10)18-13(19)9-4-5-16-12(15)7-9/h2-7H,1H3,(H2,15,16)(H,17,18,19). The van der Waals surface area contributed by atoms with E-state index in [1.54, 1.807) is 6.07 Å². The van der Waals surface area contributed by atoms with Crippen LogP contribution in [-0.2, 0) is 0 Å². The number of benzene rings is 1. The van der Waals surface area contributed by atoms with Crippen molar-refractivity contribution in [1.29, 1.82) is 0 Å². The van der Waals surface area contributed by atoms with Crippen LogP contribution in [0.25, 0.3) is 10.2 Å². The van der Waals surface area contributed by atoms with Crippen molar-refractivity contribution < 1.29 is 4.79 Å². The van der Waals surface area contributed by atoms with Crippen molar-refractivity contribution in [3.63, 3.8) is 0 Å². The van der Waals surface area contributed by atoms with Gasteiger partial charge in [0.15, 0.2) is 5.13 Å². The van der Waals surface area contributed by atoms with Crippen LogP contribution in [0.15, 0.2) is 36.5 Å². The number of anilines is 2. The maximum absolute atomic E-state index is 12.1. The Kier molecular flexibility index (Phi) is 3.08. The maximum atomic E-state index is 12.1. The second kappa shape index (κ2) is 4.90. The molecule has 0 saturated carbocycles. The van der Waals surface area contributed by atoms with Crippen LogP contribution in [0.2, 0.25) is 0 Å². The van der Waals surface area contributed by atoms with Gasteiger partial charge in [0.2, 0.25) is 0 Å². The maximum Gasteiger partial charge on any atom is 0.257 e. The molecule has 0 aliphatic rings. The van der Waals surface area contributed by atoms with Gasteiger partial charge in [-0.3, -0.25) is 10.1 Å². The van der Waals surface area contributed by atoms with Crippen LogP contribution in [-0.4, -0.2) is 15.9 Å². The highest BCUT2D eigenvalue weighted by atomic mass is 32.1. The van der Waals surface area contributed by atoms with Crippen LogP contribution < -0.4 is 11.1 Å². The molecule has 0 spiro atoms. The molecule has 2 heterocycles. The summed E-state index contributed by atoms with van der Waals surface area (Å²) >= 11 is 1.45. The van der Waals surface area contributed by atoms with Gasteiger partial charge >= 0.3 is 0 Å². The summed E-state index contributed by atoms with van der Waals surface area (Å²) < 4.78 is 1.05. The lowest BCUT2D eigenvalue weighted by atomic mass is 10.2. The number of thiazole rings is 1. The third-order valence-electron chi connectivity index (χ3n) is 2.81. The van der Waals surface area contributed by atoms with Gasteiger partial charge in [-0.2, -0.15) is 0 Å². The quantitative estimate of drug-likeness (QED) is 0.758. The number of aromatic nitrogens is 2. The van der Waals surface area contributed by atoms with E-state index in [4.69, 9.17) is 5.73 Å². The smallest absolute Gasteiger partial charge is 0.257 e. The molecule has 0 radical (unpaired) electrons. The average molecular weight is 284 g/mol. The Morgan fingerprint density at radius 1 is 1.30 bits per heavy atom. The zero-order chi connectivity index (χ0) is 14.1. The lowest BCUT2D eigenvalue weighted by Gasteiger charge is -2.01. The van der Waals surface area contributed by atoms with Crippen LogP contribution in [0.4, 0.5) is 10.9 Å². The number of nitrogen functional groups attached to an aromatic ring is 1. The minimum absolute atomic E-state index is 0.241. The van der Waals surface area contributed by atoms with E-state index >= 15 is 0 Å². The van der Waals surface area contributed by atoms with E-state index in [-0.39, 0.29) is 5.91 Å². The highest BCUT2D eigenvalue weighted by Crippen LogP contribution is 2.27. The highest BCUT2D eigenvalue weighted by molar-refractivity contribution is 7.22. The normalized spacial score (nSPS) is 10.7. The molecule has 1 amide bonds. The summed E-state index contributed by atoms with van der Waals surface area (Å²) in [4.78, 5) is 20.3. The molecule has 1 aromatic carbocycles. The fourth-order valence-corrected chi connectivity index (χ4v) is 2.80. The Labute approximate surface area is 119 Å². The topological polar surface area (TPSA) is 80.9 Å². The largest absolute Gasteiger partial charge is 0.384 e. The fourth-order valence-electron chi connectivity index (χ4n) is 1.84. The van der Waals surface area contributed by atoms with Gasteiger partial charge in [0.1, 0.15) is 5.82 Å². The molecule has 0 aliphatic carbocycles. The molecule has 20 heavy (non-hydrogen) atoms. The number of fused-ring (bicyclic) bond motifs is 1. The Balaban J connectivity index is 1.87. The molecule has 0 fully saturated rings. The van der Waals surface area contributed by atoms with E-state index in [0.717, 1.165) is 10.2 Å². The van der Waals surface area contributed by atoms with E-state index in [9.17, 15) is 4.79 Å². The Morgan fingerprint density at radius 2 is 2.15 bits per heavy atom. The first kappa shape index (κ1) is 12.6. The van der Waals surface area contributed by atoms with Crippen molar-refractivity contribution in [1.82, 2.24) is 9.97 Å². The van der Waals surface area contributed by atoms with Crippen LogP contribution >= 0.6 is 11.3 Å². The van der Waals surface area contributed by atoms with E-state index in [2.05, 4.69) is 15.3 Å². The Morgan fingerprint density at radius 3 is 2.95 bits per heavy atom. The predicted molar refractivity (Wildman–Crippen MR) is 81.0 cm³/mol. The second-order valence-corrected chi connectivity index (χ2v) is 5.44. The molecule has 2 aromatic heterocycles. The first-order valence-corrected chi connectivity index (χ1v) is 6.83. The van der Waals surface area contributed by atoms with Gasteiger partial charge in [-0.15, -0.1) is 0 Å². The number of aryl methyl sites for hydroxylation is 1. The summed E-state index contributed by atoms with van der Waals surface area (Å²) in [6.45, 7) is 2.02. The minimum Gasteiger partial charge on any atom is -0.384 e. The van der Waals surface area contributed by atoms with Crippen molar-refractivity contribution in [3.05, 3.63) is 47.7 Å². The lowest BCUT2D eigenvalue weighted by Crippen LogP contribution is -2.12. The van der Waals surface area contributed by atoms with Gasteiger partial charge < -0.3 is 5.73 Å². The summed E-state index contributed by atoms with van der Waals surface area (Å²) in [7, 11) is 0. The molecule has 100 valence electrons. The van der Waals surface area contributed by atoms with E-state index in [1.165, 1.54) is 29.2 Å². The summed E-state index contributed by atoms with van der Waals surface area (Å²) in [5.74, 6) is 0.0763.